The lowest BCUT2D eigenvalue weighted by Crippen LogP contribution is -2.40. The van der Waals surface area contributed by atoms with E-state index in [-0.39, 0.29) is 0 Å². The molecule has 0 aromatic rings. The van der Waals surface area contributed by atoms with Crippen LogP contribution in [0.3, 0.4) is 0 Å². The van der Waals surface area contributed by atoms with E-state index in [9.17, 15) is 0 Å². The lowest BCUT2D eigenvalue weighted by atomic mass is 10.1. The zero-order valence-electron chi connectivity index (χ0n) is 12.2. The lowest BCUT2D eigenvalue weighted by molar-refractivity contribution is 0.277. The molecule has 0 atom stereocenters. The molecule has 0 radical (unpaired) electrons. The van der Waals surface area contributed by atoms with Crippen molar-refractivity contribution < 1.29 is 4.43 Å². The van der Waals surface area contributed by atoms with Gasteiger partial charge in [-0.25, -0.2) is 0 Å². The quantitative estimate of drug-likeness (QED) is 0.294. The number of hydrogen-bond donors (Lipinski definition) is 0. The van der Waals surface area contributed by atoms with Crippen LogP contribution in [0.4, 0.5) is 0 Å². The first-order valence-electron chi connectivity index (χ1n) is 6.70. The topological polar surface area (TPSA) is 9.23 Å². The van der Waals surface area contributed by atoms with Gasteiger partial charge in [0.05, 0.1) is 0 Å². The molecular formula is C14H29IOSi. The Morgan fingerprint density at radius 3 is 2.18 bits per heavy atom. The highest BCUT2D eigenvalue weighted by molar-refractivity contribution is 14.1. The first-order valence-corrected chi connectivity index (χ1v) is 10.9. The molecule has 0 saturated carbocycles. The molecule has 0 aromatic heterocycles. The standard InChI is InChI=1S/C14H29IOSi/c1-14(2,3)17(4,5)16-13-11-9-7-6-8-10-12-15/h10,12H,6-9,11,13H2,1-5H3. The highest BCUT2D eigenvalue weighted by atomic mass is 127. The van der Waals surface area contributed by atoms with Crippen LogP contribution in [0.25, 0.3) is 0 Å². The van der Waals surface area contributed by atoms with E-state index in [0.29, 0.717) is 5.04 Å². The summed E-state index contributed by atoms with van der Waals surface area (Å²) in [7, 11) is -1.50. The van der Waals surface area contributed by atoms with Gasteiger partial charge < -0.3 is 4.43 Å². The lowest BCUT2D eigenvalue weighted by Gasteiger charge is -2.36. The monoisotopic (exact) mass is 368 g/mol. The Labute approximate surface area is 123 Å². The highest BCUT2D eigenvalue weighted by Crippen LogP contribution is 2.36. The van der Waals surface area contributed by atoms with E-state index in [1.54, 1.807) is 0 Å². The molecule has 0 saturated heterocycles. The van der Waals surface area contributed by atoms with Crippen molar-refractivity contribution in [2.45, 2.75) is 71.0 Å². The van der Waals surface area contributed by atoms with E-state index in [0.717, 1.165) is 6.61 Å². The molecule has 0 aliphatic carbocycles. The van der Waals surface area contributed by atoms with Gasteiger partial charge in [0.2, 0.25) is 0 Å². The van der Waals surface area contributed by atoms with E-state index in [1.807, 2.05) is 0 Å². The Morgan fingerprint density at radius 2 is 1.65 bits per heavy atom. The van der Waals surface area contributed by atoms with Crippen molar-refractivity contribution >= 4 is 30.9 Å². The van der Waals surface area contributed by atoms with Crippen molar-refractivity contribution in [3.63, 3.8) is 0 Å². The van der Waals surface area contributed by atoms with Crippen LogP contribution in [-0.2, 0) is 4.43 Å². The minimum Gasteiger partial charge on any atom is -0.417 e. The SMILES string of the molecule is CC(C)(C)[Si](C)(C)OCCCCCCC=CI. The molecule has 0 fully saturated rings. The fraction of sp³-hybridized carbons (Fsp3) is 0.857. The van der Waals surface area contributed by atoms with Gasteiger partial charge in [0.15, 0.2) is 8.32 Å². The van der Waals surface area contributed by atoms with Gasteiger partial charge in [0.25, 0.3) is 0 Å². The zero-order chi connectivity index (χ0) is 13.4. The Bertz CT molecular complexity index is 219. The van der Waals surface area contributed by atoms with Gasteiger partial charge in [-0.05, 0) is 41.5 Å². The molecule has 0 aliphatic rings. The van der Waals surface area contributed by atoms with Crippen LogP contribution in [0.1, 0.15) is 52.9 Å². The van der Waals surface area contributed by atoms with Gasteiger partial charge in [-0.2, -0.15) is 0 Å². The van der Waals surface area contributed by atoms with E-state index < -0.39 is 8.32 Å². The summed E-state index contributed by atoms with van der Waals surface area (Å²) in [6.45, 7) is 12.5. The van der Waals surface area contributed by atoms with Crippen molar-refractivity contribution in [2.75, 3.05) is 6.61 Å². The van der Waals surface area contributed by atoms with Gasteiger partial charge in [0, 0.05) is 6.61 Å². The van der Waals surface area contributed by atoms with Crippen LogP contribution in [0.2, 0.25) is 18.1 Å². The van der Waals surface area contributed by atoms with Crippen molar-refractivity contribution in [1.29, 1.82) is 0 Å². The van der Waals surface area contributed by atoms with Crippen molar-refractivity contribution in [3.8, 4) is 0 Å². The average molecular weight is 368 g/mol. The fourth-order valence-corrected chi connectivity index (χ4v) is 2.77. The predicted molar refractivity (Wildman–Crippen MR) is 89.4 cm³/mol. The second-order valence-electron chi connectivity index (χ2n) is 6.17. The van der Waals surface area contributed by atoms with Crippen LogP contribution in [-0.4, -0.2) is 14.9 Å². The fourth-order valence-electron chi connectivity index (χ4n) is 1.32. The van der Waals surface area contributed by atoms with E-state index >= 15 is 0 Å². The number of allylic oxidation sites excluding steroid dienone is 1. The Hall–Kier alpha value is 0.647. The molecule has 0 bridgehead atoms. The minimum absolute atomic E-state index is 0.345. The summed E-state index contributed by atoms with van der Waals surface area (Å²) >= 11 is 2.28. The Kier molecular flexibility index (Phi) is 9.03. The molecule has 0 unspecified atom stereocenters. The van der Waals surface area contributed by atoms with Crippen LogP contribution in [0, 0.1) is 0 Å². The number of hydrogen-bond acceptors (Lipinski definition) is 1. The molecule has 17 heavy (non-hydrogen) atoms. The van der Waals surface area contributed by atoms with Crippen LogP contribution < -0.4 is 0 Å². The third kappa shape index (κ3) is 8.38. The molecule has 1 nitrogen and oxygen atoms in total. The maximum Gasteiger partial charge on any atom is 0.191 e. The summed E-state index contributed by atoms with van der Waals surface area (Å²) < 4.78 is 8.25. The van der Waals surface area contributed by atoms with E-state index in [4.69, 9.17) is 4.43 Å². The van der Waals surface area contributed by atoms with E-state index in [1.165, 1.54) is 32.1 Å². The Morgan fingerprint density at radius 1 is 1.06 bits per heavy atom. The van der Waals surface area contributed by atoms with Crippen molar-refractivity contribution in [3.05, 3.63) is 10.2 Å². The summed E-state index contributed by atoms with van der Waals surface area (Å²) in [5, 5.41) is 0.345. The number of rotatable bonds is 8. The molecule has 0 amide bonds. The highest BCUT2D eigenvalue weighted by Gasteiger charge is 2.36. The smallest absolute Gasteiger partial charge is 0.191 e. The third-order valence-corrected chi connectivity index (χ3v) is 8.67. The number of halogens is 1. The first-order chi connectivity index (χ1) is 7.81. The van der Waals surface area contributed by atoms with Crippen LogP contribution in [0.15, 0.2) is 10.2 Å². The number of unbranched alkanes of at least 4 members (excludes halogenated alkanes) is 4. The maximum atomic E-state index is 6.15. The van der Waals surface area contributed by atoms with Gasteiger partial charge >= 0.3 is 0 Å². The van der Waals surface area contributed by atoms with Gasteiger partial charge in [-0.15, -0.1) is 0 Å². The molecule has 0 heterocycles. The second kappa shape index (κ2) is 8.70. The largest absolute Gasteiger partial charge is 0.417 e. The van der Waals surface area contributed by atoms with E-state index in [2.05, 4.69) is 66.6 Å². The minimum atomic E-state index is -1.50. The summed E-state index contributed by atoms with van der Waals surface area (Å²) in [5.41, 5.74) is 0. The maximum absolute atomic E-state index is 6.15. The Balaban J connectivity index is 3.52. The predicted octanol–water partition coefficient (Wildman–Crippen LogP) is 5.91. The van der Waals surface area contributed by atoms with Gasteiger partial charge in [-0.3, -0.25) is 0 Å². The van der Waals surface area contributed by atoms with Crippen molar-refractivity contribution in [2.24, 2.45) is 0 Å². The molecule has 0 N–H and O–H groups in total. The second-order valence-corrected chi connectivity index (χ2v) is 11.7. The van der Waals surface area contributed by atoms with Gasteiger partial charge in [0.1, 0.15) is 0 Å². The molecular weight excluding hydrogens is 339 g/mol. The first kappa shape index (κ1) is 17.6. The molecule has 0 spiro atoms. The molecule has 0 aromatic carbocycles. The summed E-state index contributed by atoms with van der Waals surface area (Å²) in [6, 6.07) is 0. The molecule has 0 rings (SSSR count). The van der Waals surface area contributed by atoms with Crippen LogP contribution in [0.5, 0.6) is 0 Å². The summed E-state index contributed by atoms with van der Waals surface area (Å²) in [5.74, 6) is 0. The molecule has 3 heteroatoms. The molecule has 102 valence electrons. The summed E-state index contributed by atoms with van der Waals surface area (Å²) in [4.78, 5) is 0. The van der Waals surface area contributed by atoms with Crippen LogP contribution >= 0.6 is 22.6 Å². The zero-order valence-corrected chi connectivity index (χ0v) is 15.3. The normalized spacial score (nSPS) is 13.5. The van der Waals surface area contributed by atoms with Crippen molar-refractivity contribution in [1.82, 2.24) is 0 Å². The average Bonchev–Trinajstić information content (AvgIpc) is 2.20. The summed E-state index contributed by atoms with van der Waals surface area (Å²) in [6.07, 6.45) is 8.66. The van der Waals surface area contributed by atoms with Gasteiger partial charge in [-0.1, -0.05) is 62.3 Å². The third-order valence-electron chi connectivity index (χ3n) is 3.62. The molecule has 0 aliphatic heterocycles.